The average Bonchev–Trinajstić information content (AvgIpc) is 3.25. The van der Waals surface area contributed by atoms with Gasteiger partial charge in [-0.15, -0.1) is 0 Å². The van der Waals surface area contributed by atoms with Crippen LogP contribution >= 0.6 is 23.2 Å². The summed E-state index contributed by atoms with van der Waals surface area (Å²) in [5.74, 6) is 0.402. The molecule has 3 heterocycles. The topological polar surface area (TPSA) is 83.8 Å². The van der Waals surface area contributed by atoms with Crippen LogP contribution in [0.5, 0.6) is 0 Å². The van der Waals surface area contributed by atoms with Gasteiger partial charge in [-0.1, -0.05) is 23.2 Å². The van der Waals surface area contributed by atoms with Gasteiger partial charge < -0.3 is 14.7 Å². The Kier molecular flexibility index (Phi) is 3.91. The van der Waals surface area contributed by atoms with Gasteiger partial charge in [-0.25, -0.2) is 9.97 Å². The van der Waals surface area contributed by atoms with Gasteiger partial charge in [0.25, 0.3) is 5.91 Å². The first kappa shape index (κ1) is 15.7. The SMILES string of the molecule is O=C(Nc1ccc(Cl)c(-c2nc3ncc(Cl)cc3[nH]2)c1)c1ccco1. The summed E-state index contributed by atoms with van der Waals surface area (Å²) in [6, 6.07) is 10.1. The number of halogens is 2. The van der Waals surface area contributed by atoms with E-state index in [0.29, 0.717) is 38.3 Å². The maximum Gasteiger partial charge on any atom is 0.291 e. The number of nitrogens with zero attached hydrogens (tertiary/aromatic N) is 2. The molecule has 0 atom stereocenters. The first-order chi connectivity index (χ1) is 12.1. The van der Waals surface area contributed by atoms with Gasteiger partial charge in [-0.05, 0) is 36.4 Å². The molecule has 8 heteroatoms. The molecule has 4 aromatic rings. The molecular weight excluding hydrogens is 363 g/mol. The van der Waals surface area contributed by atoms with Crippen molar-refractivity contribution in [1.29, 1.82) is 0 Å². The number of aromatic nitrogens is 3. The first-order valence-corrected chi connectivity index (χ1v) is 8.02. The summed E-state index contributed by atoms with van der Waals surface area (Å²) >= 11 is 12.2. The van der Waals surface area contributed by atoms with Crippen molar-refractivity contribution in [2.45, 2.75) is 0 Å². The molecule has 0 aliphatic rings. The number of hydrogen-bond acceptors (Lipinski definition) is 4. The molecule has 124 valence electrons. The molecule has 0 radical (unpaired) electrons. The van der Waals surface area contributed by atoms with Gasteiger partial charge >= 0.3 is 0 Å². The first-order valence-electron chi connectivity index (χ1n) is 7.26. The maximum absolute atomic E-state index is 12.1. The normalized spacial score (nSPS) is 11.0. The molecule has 1 aromatic carbocycles. The van der Waals surface area contributed by atoms with Crippen molar-refractivity contribution >= 4 is 46.0 Å². The minimum Gasteiger partial charge on any atom is -0.459 e. The van der Waals surface area contributed by atoms with Crippen molar-refractivity contribution < 1.29 is 9.21 Å². The highest BCUT2D eigenvalue weighted by Crippen LogP contribution is 2.30. The number of furan rings is 1. The number of carbonyl (C=O) groups is 1. The van der Waals surface area contributed by atoms with Crippen LogP contribution in [0, 0.1) is 0 Å². The van der Waals surface area contributed by atoms with Crippen LogP contribution in [0.1, 0.15) is 10.6 Å². The lowest BCUT2D eigenvalue weighted by molar-refractivity contribution is 0.0996. The molecule has 2 N–H and O–H groups in total. The number of carbonyl (C=O) groups excluding carboxylic acids is 1. The highest BCUT2D eigenvalue weighted by molar-refractivity contribution is 6.33. The zero-order chi connectivity index (χ0) is 17.4. The van der Waals surface area contributed by atoms with Crippen LogP contribution in [0.3, 0.4) is 0 Å². The zero-order valence-corrected chi connectivity index (χ0v) is 14.1. The number of rotatable bonds is 3. The van der Waals surface area contributed by atoms with Crippen molar-refractivity contribution in [1.82, 2.24) is 15.0 Å². The van der Waals surface area contributed by atoms with E-state index < -0.39 is 0 Å². The van der Waals surface area contributed by atoms with Crippen molar-refractivity contribution in [3.05, 3.63) is 64.7 Å². The number of hydrogen-bond donors (Lipinski definition) is 2. The lowest BCUT2D eigenvalue weighted by Crippen LogP contribution is -2.10. The summed E-state index contributed by atoms with van der Waals surface area (Å²) in [5, 5.41) is 3.75. The van der Waals surface area contributed by atoms with E-state index in [-0.39, 0.29) is 11.7 Å². The van der Waals surface area contributed by atoms with E-state index in [9.17, 15) is 4.79 Å². The van der Waals surface area contributed by atoms with E-state index in [1.165, 1.54) is 12.5 Å². The average molecular weight is 373 g/mol. The summed E-state index contributed by atoms with van der Waals surface area (Å²) in [5.41, 5.74) is 2.42. The summed E-state index contributed by atoms with van der Waals surface area (Å²) in [6.07, 6.45) is 2.96. The molecule has 0 spiro atoms. The second-order valence-electron chi connectivity index (χ2n) is 5.24. The Labute approximate surface area is 151 Å². The Bertz CT molecular complexity index is 1070. The third-order valence-electron chi connectivity index (χ3n) is 3.53. The molecule has 4 rings (SSSR count). The standard InChI is InChI=1S/C17H10Cl2N4O2/c18-9-6-13-16(20-8-9)23-15(22-13)11-7-10(3-4-12(11)19)21-17(24)14-2-1-5-25-14/h1-8H,(H,21,24)(H,20,22,23). The van der Waals surface area contributed by atoms with Crippen molar-refractivity contribution in [3.63, 3.8) is 0 Å². The van der Waals surface area contributed by atoms with Crippen LogP contribution in [0.4, 0.5) is 5.69 Å². The quantitative estimate of drug-likeness (QED) is 0.542. The van der Waals surface area contributed by atoms with E-state index >= 15 is 0 Å². The molecule has 1 amide bonds. The monoisotopic (exact) mass is 372 g/mol. The predicted octanol–water partition coefficient (Wildman–Crippen LogP) is 4.78. The second kappa shape index (κ2) is 6.23. The van der Waals surface area contributed by atoms with E-state index in [1.54, 1.807) is 36.4 Å². The van der Waals surface area contributed by atoms with Crippen molar-refractivity contribution in [2.75, 3.05) is 5.32 Å². The summed E-state index contributed by atoms with van der Waals surface area (Å²) in [7, 11) is 0. The van der Waals surface area contributed by atoms with Crippen LogP contribution < -0.4 is 5.32 Å². The maximum atomic E-state index is 12.1. The Morgan fingerprint density at radius 3 is 2.88 bits per heavy atom. The molecule has 0 aliphatic heterocycles. The molecule has 25 heavy (non-hydrogen) atoms. The Morgan fingerprint density at radius 2 is 2.08 bits per heavy atom. The predicted molar refractivity (Wildman–Crippen MR) is 96.0 cm³/mol. The van der Waals surface area contributed by atoms with E-state index in [4.69, 9.17) is 27.6 Å². The Hall–Kier alpha value is -2.83. The van der Waals surface area contributed by atoms with E-state index in [1.807, 2.05) is 0 Å². The number of benzene rings is 1. The number of anilines is 1. The van der Waals surface area contributed by atoms with Gasteiger partial charge in [0.1, 0.15) is 5.82 Å². The minimum atomic E-state index is -0.351. The van der Waals surface area contributed by atoms with Gasteiger partial charge in [0.05, 0.1) is 21.8 Å². The van der Waals surface area contributed by atoms with Crippen LogP contribution in [0.2, 0.25) is 10.0 Å². The Morgan fingerprint density at radius 1 is 1.20 bits per heavy atom. The molecule has 6 nitrogen and oxygen atoms in total. The van der Waals surface area contributed by atoms with Gasteiger partial charge in [0.2, 0.25) is 0 Å². The second-order valence-corrected chi connectivity index (χ2v) is 6.08. The van der Waals surface area contributed by atoms with Crippen molar-refractivity contribution in [2.24, 2.45) is 0 Å². The van der Waals surface area contributed by atoms with Gasteiger partial charge in [-0.3, -0.25) is 4.79 Å². The van der Waals surface area contributed by atoms with Crippen LogP contribution in [0.25, 0.3) is 22.6 Å². The summed E-state index contributed by atoms with van der Waals surface area (Å²) in [4.78, 5) is 23.8. The van der Waals surface area contributed by atoms with Crippen molar-refractivity contribution in [3.8, 4) is 11.4 Å². The number of amides is 1. The van der Waals surface area contributed by atoms with E-state index in [2.05, 4.69) is 20.3 Å². The third-order valence-corrected chi connectivity index (χ3v) is 4.06. The summed E-state index contributed by atoms with van der Waals surface area (Å²) < 4.78 is 5.08. The number of nitrogens with one attached hydrogen (secondary N) is 2. The highest BCUT2D eigenvalue weighted by atomic mass is 35.5. The molecule has 0 unspecified atom stereocenters. The molecular formula is C17H10Cl2N4O2. The highest BCUT2D eigenvalue weighted by Gasteiger charge is 2.13. The lowest BCUT2D eigenvalue weighted by Gasteiger charge is -2.07. The molecule has 0 saturated carbocycles. The number of aromatic amines is 1. The number of imidazole rings is 1. The molecule has 0 bridgehead atoms. The molecule has 0 fully saturated rings. The summed E-state index contributed by atoms with van der Waals surface area (Å²) in [6.45, 7) is 0. The van der Waals surface area contributed by atoms with Gasteiger partial charge in [-0.2, -0.15) is 0 Å². The lowest BCUT2D eigenvalue weighted by atomic mass is 10.2. The van der Waals surface area contributed by atoms with Crippen LogP contribution in [-0.4, -0.2) is 20.9 Å². The van der Waals surface area contributed by atoms with Gasteiger partial charge in [0, 0.05) is 17.4 Å². The van der Waals surface area contributed by atoms with Crippen LogP contribution in [-0.2, 0) is 0 Å². The minimum absolute atomic E-state index is 0.221. The number of pyridine rings is 1. The fourth-order valence-corrected chi connectivity index (χ4v) is 2.75. The third kappa shape index (κ3) is 3.09. The zero-order valence-electron chi connectivity index (χ0n) is 12.6. The van der Waals surface area contributed by atoms with E-state index in [0.717, 1.165) is 0 Å². The van der Waals surface area contributed by atoms with Gasteiger partial charge in [0.15, 0.2) is 11.4 Å². The smallest absolute Gasteiger partial charge is 0.291 e. The Balaban J connectivity index is 1.70. The number of H-pyrrole nitrogens is 1. The largest absolute Gasteiger partial charge is 0.459 e. The molecule has 0 saturated heterocycles. The number of fused-ring (bicyclic) bond motifs is 1. The molecule has 3 aromatic heterocycles. The van der Waals surface area contributed by atoms with Crippen LogP contribution in [0.15, 0.2) is 53.3 Å². The molecule has 0 aliphatic carbocycles. The fourth-order valence-electron chi connectivity index (χ4n) is 2.39. The fraction of sp³-hybridized carbons (Fsp3) is 0.